The molecule has 3 aromatic carbocycles. The van der Waals surface area contributed by atoms with E-state index >= 15 is 0 Å². The molecule has 0 atom stereocenters. The molecule has 0 bridgehead atoms. The smallest absolute Gasteiger partial charge is 0.163 e. The van der Waals surface area contributed by atoms with Crippen LogP contribution in [-0.4, -0.2) is 62.7 Å². The number of hydrogen-bond donors (Lipinski definition) is 0. The summed E-state index contributed by atoms with van der Waals surface area (Å²) in [7, 11) is 0. The molecule has 0 saturated carbocycles. The Kier molecular flexibility index (Phi) is 8.16. The number of tetrazole rings is 1. The van der Waals surface area contributed by atoms with Gasteiger partial charge in [0.25, 0.3) is 0 Å². The molecule has 1 fully saturated rings. The predicted molar refractivity (Wildman–Crippen MR) is 144 cm³/mol. The zero-order valence-electron chi connectivity index (χ0n) is 20.7. The van der Waals surface area contributed by atoms with E-state index in [0.29, 0.717) is 0 Å². The first kappa shape index (κ1) is 23.9. The molecule has 36 heavy (non-hydrogen) atoms. The maximum absolute atomic E-state index is 4.47. The van der Waals surface area contributed by atoms with E-state index in [1.54, 1.807) is 0 Å². The second-order valence-corrected chi connectivity index (χ2v) is 9.32. The largest absolute Gasteiger partial charge is 0.375 e. The molecule has 4 aromatic rings. The molecule has 5 rings (SSSR count). The average molecular weight is 479 g/mol. The second kappa shape index (κ2) is 12.3. The van der Waals surface area contributed by atoms with Crippen LogP contribution in [0, 0.1) is 0 Å². The summed E-state index contributed by atoms with van der Waals surface area (Å²) in [6.45, 7) is 6.21. The third kappa shape index (κ3) is 6.26. The van der Waals surface area contributed by atoms with Gasteiger partial charge in [-0.15, -0.1) is 5.10 Å². The molecule has 1 saturated heterocycles. The summed E-state index contributed by atoms with van der Waals surface area (Å²) in [4.78, 5) is 4.99. The van der Waals surface area contributed by atoms with Crippen LogP contribution >= 0.6 is 0 Å². The summed E-state index contributed by atoms with van der Waals surface area (Å²) < 4.78 is 1.99. The van der Waals surface area contributed by atoms with Gasteiger partial charge in [-0.3, -0.25) is 4.90 Å². The Bertz CT molecular complexity index is 1160. The molecule has 0 amide bonds. The molecule has 0 unspecified atom stereocenters. The number of rotatable bonds is 10. The van der Waals surface area contributed by atoms with Crippen molar-refractivity contribution in [3.05, 3.63) is 126 Å². The molecular formula is C30H34N6. The van der Waals surface area contributed by atoms with Gasteiger partial charge in [-0.25, -0.2) is 4.68 Å². The van der Waals surface area contributed by atoms with Gasteiger partial charge in [0, 0.05) is 39.3 Å². The van der Waals surface area contributed by atoms with Crippen molar-refractivity contribution in [2.24, 2.45) is 0 Å². The minimum absolute atomic E-state index is 0.0219. The molecule has 0 N–H and O–H groups in total. The standard InChI is InChI=1S/C30H34N6/c1-4-12-26(13-5-1)14-10-19-34-22-24-35(25-23-34)20-11-21-36-30(31-32-33-36)29(27-15-6-2-7-16-27)28-17-8-3-9-18-28/h1-10,12-13,15-19,29H,11,14,20-25H2/b19-10+. The first-order valence-corrected chi connectivity index (χ1v) is 12.9. The molecule has 6 heteroatoms. The van der Waals surface area contributed by atoms with Gasteiger partial charge in [-0.05, 0) is 46.2 Å². The van der Waals surface area contributed by atoms with E-state index in [1.165, 1.54) is 16.7 Å². The second-order valence-electron chi connectivity index (χ2n) is 9.32. The topological polar surface area (TPSA) is 50.1 Å². The Labute approximate surface area is 213 Å². The minimum atomic E-state index is 0.0219. The lowest BCUT2D eigenvalue weighted by Gasteiger charge is -2.34. The van der Waals surface area contributed by atoms with E-state index in [1.807, 2.05) is 16.8 Å². The van der Waals surface area contributed by atoms with Gasteiger partial charge in [0.05, 0.1) is 5.92 Å². The molecule has 2 heterocycles. The normalized spacial score (nSPS) is 14.6. The minimum Gasteiger partial charge on any atom is -0.375 e. The van der Waals surface area contributed by atoms with Gasteiger partial charge < -0.3 is 4.90 Å². The Morgan fingerprint density at radius 2 is 1.33 bits per heavy atom. The molecule has 1 aliphatic heterocycles. The number of aryl methyl sites for hydroxylation is 1. The van der Waals surface area contributed by atoms with Crippen LogP contribution < -0.4 is 0 Å². The van der Waals surface area contributed by atoms with Crippen molar-refractivity contribution in [2.75, 3.05) is 32.7 Å². The number of benzene rings is 3. The van der Waals surface area contributed by atoms with Crippen LogP contribution in [0.2, 0.25) is 0 Å². The van der Waals surface area contributed by atoms with Crippen LogP contribution in [0.5, 0.6) is 0 Å². The third-order valence-electron chi connectivity index (χ3n) is 6.85. The summed E-state index contributed by atoms with van der Waals surface area (Å²) in [5.41, 5.74) is 3.77. The Morgan fingerprint density at radius 1 is 0.722 bits per heavy atom. The lowest BCUT2D eigenvalue weighted by atomic mass is 9.90. The number of aromatic nitrogens is 4. The van der Waals surface area contributed by atoms with Crippen LogP contribution in [0.1, 0.15) is 34.9 Å². The molecule has 184 valence electrons. The predicted octanol–water partition coefficient (Wildman–Crippen LogP) is 4.62. The highest BCUT2D eigenvalue weighted by Crippen LogP contribution is 2.30. The van der Waals surface area contributed by atoms with Crippen molar-refractivity contribution in [1.29, 1.82) is 0 Å². The molecule has 6 nitrogen and oxygen atoms in total. The third-order valence-corrected chi connectivity index (χ3v) is 6.85. The van der Waals surface area contributed by atoms with Crippen LogP contribution in [0.15, 0.2) is 103 Å². The van der Waals surface area contributed by atoms with Gasteiger partial charge in [-0.1, -0.05) is 97.1 Å². The lowest BCUT2D eigenvalue weighted by molar-refractivity contribution is 0.164. The summed E-state index contributed by atoms with van der Waals surface area (Å²) in [6.07, 6.45) is 6.56. The molecule has 0 aliphatic carbocycles. The van der Waals surface area contributed by atoms with Crippen LogP contribution in [0.3, 0.4) is 0 Å². The van der Waals surface area contributed by atoms with Gasteiger partial charge in [0.2, 0.25) is 0 Å². The fraction of sp³-hybridized carbons (Fsp3) is 0.300. The number of nitrogens with zero attached hydrogens (tertiary/aromatic N) is 6. The fourth-order valence-corrected chi connectivity index (χ4v) is 4.89. The summed E-state index contributed by atoms with van der Waals surface area (Å²) in [5, 5.41) is 12.9. The summed E-state index contributed by atoms with van der Waals surface area (Å²) in [6, 6.07) is 31.7. The zero-order chi connectivity index (χ0) is 24.4. The first-order valence-electron chi connectivity index (χ1n) is 12.9. The Morgan fingerprint density at radius 3 is 1.97 bits per heavy atom. The quantitative estimate of drug-likeness (QED) is 0.333. The SMILES string of the molecule is C(=C\N1CCN(CCCn2nnnc2C(c2ccccc2)c2ccccc2)CC1)/Cc1ccccc1. The zero-order valence-corrected chi connectivity index (χ0v) is 20.7. The van der Waals surface area contributed by atoms with E-state index in [9.17, 15) is 0 Å². The number of hydrogen-bond acceptors (Lipinski definition) is 5. The van der Waals surface area contributed by atoms with Gasteiger partial charge in [0.1, 0.15) is 0 Å². The van der Waals surface area contributed by atoms with Crippen molar-refractivity contribution in [3.8, 4) is 0 Å². The van der Waals surface area contributed by atoms with Crippen molar-refractivity contribution >= 4 is 0 Å². The van der Waals surface area contributed by atoms with Gasteiger partial charge in [-0.2, -0.15) is 0 Å². The average Bonchev–Trinajstić information content (AvgIpc) is 3.39. The van der Waals surface area contributed by atoms with Crippen molar-refractivity contribution in [3.63, 3.8) is 0 Å². The van der Waals surface area contributed by atoms with Gasteiger partial charge >= 0.3 is 0 Å². The molecule has 0 radical (unpaired) electrons. The first-order chi connectivity index (χ1) is 17.9. The lowest BCUT2D eigenvalue weighted by Crippen LogP contribution is -2.44. The molecule has 0 spiro atoms. The van der Waals surface area contributed by atoms with Gasteiger partial charge in [0.15, 0.2) is 5.82 Å². The number of piperazine rings is 1. The Hall–Kier alpha value is -3.77. The monoisotopic (exact) mass is 478 g/mol. The number of allylic oxidation sites excluding steroid dienone is 1. The van der Waals surface area contributed by atoms with E-state index < -0.39 is 0 Å². The highest BCUT2D eigenvalue weighted by atomic mass is 15.5. The van der Waals surface area contributed by atoms with E-state index in [4.69, 9.17) is 0 Å². The highest BCUT2D eigenvalue weighted by Gasteiger charge is 2.23. The van der Waals surface area contributed by atoms with Crippen molar-refractivity contribution < 1.29 is 0 Å². The van der Waals surface area contributed by atoms with Crippen molar-refractivity contribution in [2.45, 2.75) is 25.3 Å². The Balaban J connectivity index is 1.14. The van der Waals surface area contributed by atoms with Crippen LogP contribution in [0.25, 0.3) is 0 Å². The highest BCUT2D eigenvalue weighted by molar-refractivity contribution is 5.38. The van der Waals surface area contributed by atoms with E-state index in [2.05, 4.69) is 116 Å². The molecule has 1 aromatic heterocycles. The maximum atomic E-state index is 4.47. The van der Waals surface area contributed by atoms with Crippen molar-refractivity contribution in [1.82, 2.24) is 30.0 Å². The van der Waals surface area contributed by atoms with E-state index in [0.717, 1.165) is 57.9 Å². The fourth-order valence-electron chi connectivity index (χ4n) is 4.89. The summed E-state index contributed by atoms with van der Waals surface area (Å²) >= 11 is 0. The summed E-state index contributed by atoms with van der Waals surface area (Å²) in [5.74, 6) is 0.925. The van der Waals surface area contributed by atoms with E-state index in [-0.39, 0.29) is 5.92 Å². The van der Waals surface area contributed by atoms with Crippen LogP contribution in [-0.2, 0) is 13.0 Å². The maximum Gasteiger partial charge on any atom is 0.163 e. The molecule has 1 aliphatic rings. The van der Waals surface area contributed by atoms with Crippen LogP contribution in [0.4, 0.5) is 0 Å². The molecular weight excluding hydrogens is 444 g/mol.